The first kappa shape index (κ1) is 17.6. The third kappa shape index (κ3) is 3.91. The molecule has 2 aromatic carbocycles. The normalized spacial score (nSPS) is 12.5. The molecule has 0 fully saturated rings. The Bertz CT molecular complexity index is 933. The number of alkyl halides is 2. The lowest BCUT2D eigenvalue weighted by Gasteiger charge is -2.08. The van der Waals surface area contributed by atoms with E-state index in [0.29, 0.717) is 27.4 Å². The Morgan fingerprint density at radius 3 is 2.84 bits per heavy atom. The average molecular weight is 387 g/mol. The monoisotopic (exact) mass is 386 g/mol. The summed E-state index contributed by atoms with van der Waals surface area (Å²) < 4.78 is 46.7. The van der Waals surface area contributed by atoms with Gasteiger partial charge in [-0.15, -0.1) is 0 Å². The Kier molecular flexibility index (Phi) is 5.19. The average Bonchev–Trinajstić information content (AvgIpc) is 2.98. The molecule has 9 heteroatoms. The third-order valence-electron chi connectivity index (χ3n) is 3.41. The van der Waals surface area contributed by atoms with Gasteiger partial charge in [0.25, 0.3) is 0 Å². The molecule has 0 aliphatic rings. The van der Waals surface area contributed by atoms with Crippen molar-refractivity contribution in [2.75, 3.05) is 7.11 Å². The van der Waals surface area contributed by atoms with Crippen LogP contribution in [-0.2, 0) is 16.6 Å². The minimum atomic E-state index is -2.91. The zero-order chi connectivity index (χ0) is 18.0. The molecule has 0 saturated carbocycles. The van der Waals surface area contributed by atoms with Crippen LogP contribution in [0.3, 0.4) is 0 Å². The number of aromatic nitrogens is 2. The Morgan fingerprint density at radius 2 is 2.12 bits per heavy atom. The van der Waals surface area contributed by atoms with Crippen LogP contribution in [-0.4, -0.2) is 27.9 Å². The minimum absolute atomic E-state index is 0.00000672. The summed E-state index contributed by atoms with van der Waals surface area (Å²) >= 11 is 6.06. The maximum atomic E-state index is 12.6. The van der Waals surface area contributed by atoms with Crippen molar-refractivity contribution in [3.8, 4) is 11.5 Å². The van der Waals surface area contributed by atoms with Crippen molar-refractivity contribution in [1.29, 1.82) is 0 Å². The molecule has 3 rings (SSSR count). The number of nitrogens with zero attached hydrogens (tertiary/aromatic N) is 1. The lowest BCUT2D eigenvalue weighted by atomic mass is 10.2. The molecule has 1 unspecified atom stereocenters. The van der Waals surface area contributed by atoms with Crippen LogP contribution in [0.25, 0.3) is 11.0 Å². The first-order valence-electron chi connectivity index (χ1n) is 7.12. The van der Waals surface area contributed by atoms with E-state index < -0.39 is 17.4 Å². The molecule has 0 amide bonds. The first-order chi connectivity index (χ1) is 12.0. The van der Waals surface area contributed by atoms with E-state index >= 15 is 0 Å². The molecule has 3 aromatic rings. The number of H-pyrrole nitrogens is 1. The van der Waals surface area contributed by atoms with Crippen LogP contribution in [0.2, 0.25) is 5.02 Å². The molecule has 0 aliphatic carbocycles. The molecule has 132 valence electrons. The lowest BCUT2D eigenvalue weighted by molar-refractivity contribution is -0.0497. The van der Waals surface area contributed by atoms with Gasteiger partial charge in [-0.05, 0) is 18.2 Å². The first-order valence-corrected chi connectivity index (χ1v) is 8.82. The number of methoxy groups -OCH3 is 1. The molecule has 5 nitrogen and oxygen atoms in total. The van der Waals surface area contributed by atoms with Crippen molar-refractivity contribution in [2.45, 2.75) is 17.5 Å². The zero-order valence-electron chi connectivity index (χ0n) is 13.0. The summed E-state index contributed by atoms with van der Waals surface area (Å²) in [5.41, 5.74) is 1.64. The van der Waals surface area contributed by atoms with Gasteiger partial charge in [-0.25, -0.2) is 4.98 Å². The van der Waals surface area contributed by atoms with Crippen molar-refractivity contribution < 1.29 is 22.5 Å². The van der Waals surface area contributed by atoms with E-state index in [0.717, 1.165) is 0 Å². The fourth-order valence-electron chi connectivity index (χ4n) is 2.35. The summed E-state index contributed by atoms with van der Waals surface area (Å²) in [7, 11) is -0.0133. The SMILES string of the molecule is COc1c(Cl)cccc1CS(=O)c1nc2ccc(OC(F)F)cc2[nH]1. The zero-order valence-corrected chi connectivity index (χ0v) is 14.5. The van der Waals surface area contributed by atoms with Crippen LogP contribution in [0.4, 0.5) is 8.78 Å². The summed E-state index contributed by atoms with van der Waals surface area (Å²) in [6, 6.07) is 9.46. The number of fused-ring (bicyclic) bond motifs is 1. The van der Waals surface area contributed by atoms with Crippen LogP contribution in [0, 0.1) is 0 Å². The number of para-hydroxylation sites is 1. The molecule has 0 saturated heterocycles. The topological polar surface area (TPSA) is 64.2 Å². The Labute approximate surface area is 149 Å². The molecule has 1 heterocycles. The second-order valence-corrected chi connectivity index (χ2v) is 6.80. The van der Waals surface area contributed by atoms with Crippen molar-refractivity contribution in [3.63, 3.8) is 0 Å². The molecule has 25 heavy (non-hydrogen) atoms. The molecule has 0 bridgehead atoms. The van der Waals surface area contributed by atoms with Crippen molar-refractivity contribution in [3.05, 3.63) is 47.0 Å². The van der Waals surface area contributed by atoms with Gasteiger partial charge in [0.15, 0.2) is 5.16 Å². The van der Waals surface area contributed by atoms with Crippen molar-refractivity contribution >= 4 is 33.4 Å². The Hall–Kier alpha value is -2.19. The number of rotatable bonds is 6. The standard InChI is InChI=1S/C16H13ClF2N2O3S/c1-23-14-9(3-2-4-11(14)17)8-25(22)16-20-12-6-5-10(24-15(18)19)7-13(12)21-16/h2-7,15H,8H2,1H3,(H,20,21). The van der Waals surface area contributed by atoms with E-state index in [9.17, 15) is 13.0 Å². The number of imidazole rings is 1. The van der Waals surface area contributed by atoms with Gasteiger partial charge >= 0.3 is 6.61 Å². The molecule has 1 atom stereocenters. The van der Waals surface area contributed by atoms with Gasteiger partial charge in [-0.3, -0.25) is 4.21 Å². The fraction of sp³-hybridized carbons (Fsp3) is 0.188. The molecule has 1 aromatic heterocycles. The molecule has 0 aliphatic heterocycles. The Morgan fingerprint density at radius 1 is 1.32 bits per heavy atom. The van der Waals surface area contributed by atoms with Crippen LogP contribution in [0.15, 0.2) is 41.6 Å². The van der Waals surface area contributed by atoms with Gasteiger partial charge in [-0.1, -0.05) is 23.7 Å². The smallest absolute Gasteiger partial charge is 0.387 e. The number of halogens is 3. The summed E-state index contributed by atoms with van der Waals surface area (Å²) in [5, 5.41) is 0.654. The number of hydrogen-bond donors (Lipinski definition) is 1. The third-order valence-corrected chi connectivity index (χ3v) is 4.91. The summed E-state index contributed by atoms with van der Waals surface area (Å²) in [4.78, 5) is 7.11. The molecule has 0 radical (unpaired) electrons. The molecule has 1 N–H and O–H groups in total. The highest BCUT2D eigenvalue weighted by Crippen LogP contribution is 2.30. The fourth-order valence-corrected chi connectivity index (χ4v) is 3.70. The van der Waals surface area contributed by atoms with E-state index in [1.165, 1.54) is 25.3 Å². The van der Waals surface area contributed by atoms with E-state index in [1.807, 2.05) is 0 Å². The molecule has 0 spiro atoms. The van der Waals surface area contributed by atoms with Crippen LogP contribution in [0.1, 0.15) is 5.56 Å². The lowest BCUT2D eigenvalue weighted by Crippen LogP contribution is -2.01. The van der Waals surface area contributed by atoms with Gasteiger partial charge in [-0.2, -0.15) is 8.78 Å². The summed E-state index contributed by atoms with van der Waals surface area (Å²) in [6.45, 7) is -2.91. The number of aromatic amines is 1. The number of nitrogens with one attached hydrogen (secondary N) is 1. The van der Waals surface area contributed by atoms with Gasteiger partial charge < -0.3 is 14.5 Å². The highest BCUT2D eigenvalue weighted by Gasteiger charge is 2.16. The number of hydrogen-bond acceptors (Lipinski definition) is 4. The van der Waals surface area contributed by atoms with Gasteiger partial charge in [0.05, 0.1) is 39.7 Å². The largest absolute Gasteiger partial charge is 0.495 e. The maximum absolute atomic E-state index is 12.6. The van der Waals surface area contributed by atoms with Crippen LogP contribution >= 0.6 is 11.6 Å². The summed E-state index contributed by atoms with van der Waals surface area (Å²) in [5.74, 6) is 0.602. The molecular formula is C16H13ClF2N2O3S. The van der Waals surface area contributed by atoms with E-state index in [2.05, 4.69) is 14.7 Å². The highest BCUT2D eigenvalue weighted by molar-refractivity contribution is 7.84. The van der Waals surface area contributed by atoms with Crippen molar-refractivity contribution in [1.82, 2.24) is 9.97 Å². The summed E-state index contributed by atoms with van der Waals surface area (Å²) in [6.07, 6.45) is 0. The molecular weight excluding hydrogens is 374 g/mol. The maximum Gasteiger partial charge on any atom is 0.387 e. The number of ether oxygens (including phenoxy) is 2. The highest BCUT2D eigenvalue weighted by atomic mass is 35.5. The van der Waals surface area contributed by atoms with Gasteiger partial charge in [0.1, 0.15) is 11.5 Å². The van der Waals surface area contributed by atoms with Gasteiger partial charge in [0, 0.05) is 11.6 Å². The Balaban J connectivity index is 1.86. The quantitative estimate of drug-likeness (QED) is 0.691. The predicted molar refractivity (Wildman–Crippen MR) is 90.8 cm³/mol. The predicted octanol–water partition coefficient (Wildman–Crippen LogP) is 4.13. The van der Waals surface area contributed by atoms with Crippen LogP contribution in [0.5, 0.6) is 11.5 Å². The number of benzene rings is 2. The second-order valence-electron chi connectivity index (χ2n) is 5.02. The van der Waals surface area contributed by atoms with E-state index in [4.69, 9.17) is 16.3 Å². The van der Waals surface area contributed by atoms with E-state index in [-0.39, 0.29) is 16.7 Å². The van der Waals surface area contributed by atoms with Crippen LogP contribution < -0.4 is 9.47 Å². The van der Waals surface area contributed by atoms with Crippen molar-refractivity contribution in [2.24, 2.45) is 0 Å². The second kappa shape index (κ2) is 7.37. The van der Waals surface area contributed by atoms with E-state index in [1.54, 1.807) is 18.2 Å². The minimum Gasteiger partial charge on any atom is -0.495 e. The van der Waals surface area contributed by atoms with Gasteiger partial charge in [0.2, 0.25) is 0 Å².